The second kappa shape index (κ2) is 10.3. The van der Waals surface area contributed by atoms with Gasteiger partial charge in [0.2, 0.25) is 0 Å². The lowest BCUT2D eigenvalue weighted by atomic mass is 10.0. The molecular weight excluding hydrogens is 547 g/mol. The van der Waals surface area contributed by atoms with Gasteiger partial charge in [0.1, 0.15) is 21.6 Å². The third-order valence-electron chi connectivity index (χ3n) is 6.07. The van der Waals surface area contributed by atoms with Gasteiger partial charge in [-0.1, -0.05) is 72.4 Å². The van der Waals surface area contributed by atoms with E-state index in [1.54, 1.807) is 30.5 Å². The zero-order chi connectivity index (χ0) is 27.8. The minimum atomic E-state index is -5.09. The zero-order valence-corrected chi connectivity index (χ0v) is 21.7. The number of hydrogen-bond acceptors (Lipinski definition) is 6. The summed E-state index contributed by atoms with van der Waals surface area (Å²) in [6, 6.07) is 22.1. The molecule has 1 atom stereocenters. The van der Waals surface area contributed by atoms with Gasteiger partial charge in [0.05, 0.1) is 10.4 Å². The first-order chi connectivity index (χ1) is 18.6. The number of fused-ring (bicyclic) bond motifs is 2. The molecule has 1 N–H and O–H groups in total. The van der Waals surface area contributed by atoms with Crippen LogP contribution in [0.25, 0.3) is 21.7 Å². The number of para-hydroxylation sites is 2. The standard InChI is InChI=1S/C29H20F3NO4S2/c1-2-25(39(35,36)26-15-6-5-13-22(26)37-29(30,31)32)21-17-24(28(34)20-12-4-3-11-19(20)21)38-23-14-7-9-18-10-8-16-33-27(18)23/h2-17,25,34H,1H2. The smallest absolute Gasteiger partial charge is 0.506 e. The van der Waals surface area contributed by atoms with Crippen molar-refractivity contribution < 1.29 is 31.4 Å². The van der Waals surface area contributed by atoms with E-state index in [4.69, 9.17) is 0 Å². The molecule has 0 aliphatic heterocycles. The predicted octanol–water partition coefficient (Wildman–Crippen LogP) is 7.84. The van der Waals surface area contributed by atoms with E-state index in [2.05, 4.69) is 16.3 Å². The molecule has 0 saturated heterocycles. The van der Waals surface area contributed by atoms with Gasteiger partial charge in [-0.15, -0.1) is 19.8 Å². The molecule has 4 aromatic carbocycles. The Morgan fingerprint density at radius 3 is 2.36 bits per heavy atom. The van der Waals surface area contributed by atoms with Crippen LogP contribution in [-0.4, -0.2) is 24.9 Å². The molecule has 0 fully saturated rings. The largest absolute Gasteiger partial charge is 0.573 e. The Hall–Kier alpha value is -4.02. The monoisotopic (exact) mass is 567 g/mol. The fraction of sp³-hybridized carbons (Fsp3) is 0.0690. The van der Waals surface area contributed by atoms with Crippen LogP contribution in [0.4, 0.5) is 13.2 Å². The van der Waals surface area contributed by atoms with Crippen molar-refractivity contribution in [2.24, 2.45) is 0 Å². The van der Waals surface area contributed by atoms with Crippen molar-refractivity contribution in [1.29, 1.82) is 0 Å². The molecule has 0 spiro atoms. The summed E-state index contributed by atoms with van der Waals surface area (Å²) in [4.78, 5) is 4.89. The number of aromatic hydroxyl groups is 1. The molecule has 1 unspecified atom stereocenters. The number of alkyl halides is 3. The Kier molecular flexibility index (Phi) is 7.00. The molecule has 0 aliphatic rings. The van der Waals surface area contributed by atoms with Crippen LogP contribution in [0.5, 0.6) is 11.5 Å². The topological polar surface area (TPSA) is 76.5 Å². The molecule has 39 heavy (non-hydrogen) atoms. The van der Waals surface area contributed by atoms with Crippen LogP contribution in [0.1, 0.15) is 10.8 Å². The van der Waals surface area contributed by atoms with Gasteiger partial charge < -0.3 is 9.84 Å². The average Bonchev–Trinajstić information content (AvgIpc) is 2.91. The van der Waals surface area contributed by atoms with Gasteiger partial charge in [0.25, 0.3) is 0 Å². The van der Waals surface area contributed by atoms with Crippen molar-refractivity contribution in [2.45, 2.75) is 26.3 Å². The van der Waals surface area contributed by atoms with Crippen LogP contribution < -0.4 is 4.74 Å². The summed E-state index contributed by atoms with van der Waals surface area (Å²) in [5.41, 5.74) is 0.945. The minimum Gasteiger partial charge on any atom is -0.506 e. The molecule has 5 aromatic rings. The summed E-state index contributed by atoms with van der Waals surface area (Å²) in [7, 11) is -4.48. The van der Waals surface area contributed by atoms with Gasteiger partial charge in [0, 0.05) is 21.9 Å². The molecule has 0 radical (unpaired) electrons. The maximum atomic E-state index is 13.8. The Morgan fingerprint density at radius 2 is 1.62 bits per heavy atom. The third kappa shape index (κ3) is 5.17. The maximum absolute atomic E-state index is 13.8. The normalized spacial score (nSPS) is 12.9. The van der Waals surface area contributed by atoms with Gasteiger partial charge in [0.15, 0.2) is 9.84 Å². The van der Waals surface area contributed by atoms with Crippen molar-refractivity contribution in [2.75, 3.05) is 0 Å². The van der Waals surface area contributed by atoms with E-state index in [9.17, 15) is 26.7 Å². The molecular formula is C29H20F3NO4S2. The summed E-state index contributed by atoms with van der Waals surface area (Å²) >= 11 is 1.20. The minimum absolute atomic E-state index is 0.0618. The van der Waals surface area contributed by atoms with Gasteiger partial charge in [-0.25, -0.2) is 8.42 Å². The van der Waals surface area contributed by atoms with E-state index in [0.717, 1.165) is 28.5 Å². The molecule has 0 amide bonds. The number of nitrogens with zero attached hydrogens (tertiary/aromatic N) is 1. The second-order valence-electron chi connectivity index (χ2n) is 8.49. The van der Waals surface area contributed by atoms with Gasteiger partial charge >= 0.3 is 6.36 Å². The van der Waals surface area contributed by atoms with Crippen LogP contribution >= 0.6 is 11.8 Å². The molecule has 1 aromatic heterocycles. The van der Waals surface area contributed by atoms with Crippen molar-refractivity contribution >= 4 is 43.3 Å². The fourth-order valence-electron chi connectivity index (χ4n) is 4.40. The second-order valence-corrected chi connectivity index (χ2v) is 11.6. The average molecular weight is 568 g/mol. The van der Waals surface area contributed by atoms with Crippen molar-refractivity contribution in [3.63, 3.8) is 0 Å². The highest BCUT2D eigenvalue weighted by Gasteiger charge is 2.37. The quantitative estimate of drug-likeness (QED) is 0.202. The number of rotatable bonds is 7. The number of phenolic OH excluding ortho intramolecular Hbond substituents is 1. The van der Waals surface area contributed by atoms with E-state index >= 15 is 0 Å². The summed E-state index contributed by atoms with van der Waals surface area (Å²) < 4.78 is 70.9. The van der Waals surface area contributed by atoms with Crippen LogP contribution in [-0.2, 0) is 9.84 Å². The predicted molar refractivity (Wildman–Crippen MR) is 145 cm³/mol. The van der Waals surface area contributed by atoms with E-state index in [1.807, 2.05) is 30.3 Å². The van der Waals surface area contributed by atoms with Crippen molar-refractivity contribution in [1.82, 2.24) is 4.98 Å². The summed E-state index contributed by atoms with van der Waals surface area (Å²) in [6.07, 6.45) is -2.28. The molecule has 1 heterocycles. The molecule has 0 bridgehead atoms. The highest BCUT2D eigenvalue weighted by Crippen LogP contribution is 2.46. The van der Waals surface area contributed by atoms with Gasteiger partial charge in [-0.3, -0.25) is 4.98 Å². The highest BCUT2D eigenvalue weighted by atomic mass is 32.2. The number of ether oxygens (including phenoxy) is 1. The van der Waals surface area contributed by atoms with E-state index in [0.29, 0.717) is 21.2 Å². The summed E-state index contributed by atoms with van der Waals surface area (Å²) in [6.45, 7) is 3.70. The first-order valence-corrected chi connectivity index (χ1v) is 13.9. The molecule has 0 saturated carbocycles. The Bertz CT molecular complexity index is 1820. The van der Waals surface area contributed by atoms with Gasteiger partial charge in [-0.05, 0) is 41.3 Å². The number of phenols is 1. The number of sulfone groups is 1. The molecule has 10 heteroatoms. The van der Waals surface area contributed by atoms with Crippen molar-refractivity contribution in [3.8, 4) is 11.5 Å². The number of benzene rings is 4. The van der Waals surface area contributed by atoms with Crippen LogP contribution in [0.15, 0.2) is 118 Å². The maximum Gasteiger partial charge on any atom is 0.573 e. The highest BCUT2D eigenvalue weighted by molar-refractivity contribution is 7.99. The summed E-state index contributed by atoms with van der Waals surface area (Å²) in [5.74, 6) is -0.898. The van der Waals surface area contributed by atoms with E-state index in [1.165, 1.54) is 30.0 Å². The summed E-state index contributed by atoms with van der Waals surface area (Å²) in [5, 5.41) is 11.4. The lowest BCUT2D eigenvalue weighted by molar-refractivity contribution is -0.275. The first kappa shape index (κ1) is 26.6. The van der Waals surface area contributed by atoms with Crippen molar-refractivity contribution in [3.05, 3.63) is 109 Å². The third-order valence-corrected chi connectivity index (χ3v) is 9.21. The first-order valence-electron chi connectivity index (χ1n) is 11.6. The van der Waals surface area contributed by atoms with E-state index in [-0.39, 0.29) is 11.3 Å². The van der Waals surface area contributed by atoms with Crippen LogP contribution in [0.3, 0.4) is 0 Å². The SMILES string of the molecule is C=CC(c1cc(Sc2cccc3cccnc23)c(O)c2ccccc12)S(=O)(=O)c1ccccc1OC(F)(F)F. The Balaban J connectivity index is 1.69. The Morgan fingerprint density at radius 1 is 0.923 bits per heavy atom. The fourth-order valence-corrected chi connectivity index (χ4v) is 7.16. The Labute approximate surface area is 226 Å². The molecule has 5 nitrogen and oxygen atoms in total. The van der Waals surface area contributed by atoms with Crippen LogP contribution in [0.2, 0.25) is 0 Å². The molecule has 5 rings (SSSR count). The lowest BCUT2D eigenvalue weighted by Crippen LogP contribution is -2.20. The number of halogens is 3. The number of hydrogen-bond donors (Lipinski definition) is 1. The molecule has 198 valence electrons. The van der Waals surface area contributed by atoms with E-state index < -0.39 is 32.1 Å². The van der Waals surface area contributed by atoms with Crippen LogP contribution in [0, 0.1) is 0 Å². The lowest BCUT2D eigenvalue weighted by Gasteiger charge is -2.21. The molecule has 0 aliphatic carbocycles. The van der Waals surface area contributed by atoms with Gasteiger partial charge in [-0.2, -0.15) is 0 Å². The number of pyridine rings is 1. The zero-order valence-electron chi connectivity index (χ0n) is 20.1. The number of aromatic nitrogens is 1.